The summed E-state index contributed by atoms with van der Waals surface area (Å²) in [6.07, 6.45) is 1.69. The maximum Gasteiger partial charge on any atom is 0.283 e. The average Bonchev–Trinajstić information content (AvgIpc) is 2.69. The minimum Gasteiger partial charge on any atom is -0.400 e. The summed E-state index contributed by atoms with van der Waals surface area (Å²) in [5, 5.41) is 2.43. The minimum atomic E-state index is -1.41. The first-order valence-corrected chi connectivity index (χ1v) is 11.4. The Kier molecular flexibility index (Phi) is 6.50. The number of nitrogen functional groups attached to an aromatic ring is 1. The third-order valence-corrected chi connectivity index (χ3v) is 6.99. The lowest BCUT2D eigenvalue weighted by molar-refractivity contribution is 0.309. The summed E-state index contributed by atoms with van der Waals surface area (Å²) < 4.78 is 6.44. The topological polar surface area (TPSA) is 61.0 Å². The Balaban J connectivity index is 1.87. The molecule has 0 bridgehead atoms. The van der Waals surface area contributed by atoms with Crippen LogP contribution in [-0.2, 0) is 16.4 Å². The lowest BCUT2D eigenvalue weighted by Gasteiger charge is -2.21. The molecule has 0 saturated heterocycles. The highest BCUT2D eigenvalue weighted by atomic mass is 28.3. The molecule has 0 amide bonds. The normalized spacial score (nSPS) is 12.0. The van der Waals surface area contributed by atoms with Crippen LogP contribution in [0.25, 0.3) is 0 Å². The highest BCUT2D eigenvalue weighted by Gasteiger charge is 2.22. The Morgan fingerprint density at radius 2 is 1.59 bits per heavy atom. The van der Waals surface area contributed by atoms with Gasteiger partial charge >= 0.3 is 0 Å². The van der Waals surface area contributed by atoms with Crippen molar-refractivity contribution in [3.63, 3.8) is 0 Å². The van der Waals surface area contributed by atoms with E-state index in [0.29, 0.717) is 18.1 Å². The third-order valence-electron chi connectivity index (χ3n) is 4.84. The SMILES string of the molecule is CC(C)c1nc(CO[Si](c2ccccc2)c2ccc(C(C)(C)C)cc2)ncc1N. The van der Waals surface area contributed by atoms with Crippen molar-refractivity contribution in [1.29, 1.82) is 0 Å². The van der Waals surface area contributed by atoms with Crippen LogP contribution >= 0.6 is 0 Å². The molecule has 3 rings (SSSR count). The first-order valence-electron chi connectivity index (χ1n) is 10.0. The minimum absolute atomic E-state index is 0.129. The van der Waals surface area contributed by atoms with Gasteiger partial charge in [-0.15, -0.1) is 0 Å². The van der Waals surface area contributed by atoms with Crippen LogP contribution in [0, 0.1) is 0 Å². The number of anilines is 1. The number of aromatic nitrogens is 2. The Morgan fingerprint density at radius 3 is 2.17 bits per heavy atom. The average molecular weight is 405 g/mol. The van der Waals surface area contributed by atoms with Crippen molar-refractivity contribution in [2.75, 3.05) is 5.73 Å². The molecule has 0 spiro atoms. The highest BCUT2D eigenvalue weighted by Crippen LogP contribution is 2.21. The van der Waals surface area contributed by atoms with Gasteiger partial charge in [0.2, 0.25) is 0 Å². The van der Waals surface area contributed by atoms with E-state index in [1.165, 1.54) is 15.9 Å². The van der Waals surface area contributed by atoms with Crippen LogP contribution in [0.5, 0.6) is 0 Å². The van der Waals surface area contributed by atoms with Gasteiger partial charge in [-0.2, -0.15) is 0 Å². The quantitative estimate of drug-likeness (QED) is 0.635. The zero-order chi connectivity index (χ0) is 21.0. The Morgan fingerprint density at radius 1 is 0.966 bits per heavy atom. The second-order valence-electron chi connectivity index (χ2n) is 8.59. The number of hydrogen-bond acceptors (Lipinski definition) is 4. The van der Waals surface area contributed by atoms with Gasteiger partial charge in [0.25, 0.3) is 9.04 Å². The van der Waals surface area contributed by atoms with Crippen LogP contribution in [-0.4, -0.2) is 19.0 Å². The van der Waals surface area contributed by atoms with Crippen molar-refractivity contribution in [1.82, 2.24) is 9.97 Å². The molecule has 1 heterocycles. The summed E-state index contributed by atoms with van der Waals surface area (Å²) in [6.45, 7) is 11.2. The highest BCUT2D eigenvalue weighted by molar-refractivity contribution is 6.80. The molecule has 0 aliphatic heterocycles. The van der Waals surface area contributed by atoms with Gasteiger partial charge in [0.15, 0.2) is 5.82 Å². The molecule has 0 atom stereocenters. The number of nitrogens with two attached hydrogens (primary N) is 1. The summed E-state index contributed by atoms with van der Waals surface area (Å²) in [4.78, 5) is 9.01. The van der Waals surface area contributed by atoms with E-state index in [2.05, 4.69) is 93.1 Å². The monoisotopic (exact) mass is 404 g/mol. The van der Waals surface area contributed by atoms with Gasteiger partial charge < -0.3 is 10.2 Å². The molecule has 4 nitrogen and oxygen atoms in total. The van der Waals surface area contributed by atoms with Crippen LogP contribution in [0.15, 0.2) is 60.8 Å². The summed E-state index contributed by atoms with van der Waals surface area (Å²) in [7, 11) is -1.41. The van der Waals surface area contributed by atoms with Gasteiger partial charge in [0.05, 0.1) is 24.2 Å². The zero-order valence-electron chi connectivity index (χ0n) is 17.9. The molecule has 1 radical (unpaired) electrons. The molecule has 0 fully saturated rings. The Hall–Kier alpha value is -2.50. The maximum atomic E-state index is 6.44. The molecule has 0 aliphatic rings. The summed E-state index contributed by atoms with van der Waals surface area (Å²) >= 11 is 0. The summed E-state index contributed by atoms with van der Waals surface area (Å²) in [5.74, 6) is 0.924. The number of hydrogen-bond donors (Lipinski definition) is 1. The molecule has 0 aliphatic carbocycles. The number of nitrogens with zero attached hydrogens (tertiary/aromatic N) is 2. The fourth-order valence-corrected chi connectivity index (χ4v) is 5.06. The van der Waals surface area contributed by atoms with E-state index in [9.17, 15) is 0 Å². The van der Waals surface area contributed by atoms with Crippen LogP contribution in [0.2, 0.25) is 0 Å². The van der Waals surface area contributed by atoms with Crippen LogP contribution < -0.4 is 16.1 Å². The fourth-order valence-electron chi connectivity index (χ4n) is 3.16. The van der Waals surface area contributed by atoms with E-state index >= 15 is 0 Å². The predicted octanol–water partition coefficient (Wildman–Crippen LogP) is 3.80. The van der Waals surface area contributed by atoms with E-state index in [4.69, 9.17) is 10.2 Å². The van der Waals surface area contributed by atoms with Crippen molar-refractivity contribution in [2.45, 2.75) is 52.6 Å². The molecular weight excluding hydrogens is 374 g/mol. The molecule has 2 N–H and O–H groups in total. The van der Waals surface area contributed by atoms with Gasteiger partial charge in [-0.25, -0.2) is 9.97 Å². The first kappa shape index (κ1) is 21.2. The maximum absolute atomic E-state index is 6.44. The van der Waals surface area contributed by atoms with E-state index in [1.54, 1.807) is 6.20 Å². The smallest absolute Gasteiger partial charge is 0.283 e. The van der Waals surface area contributed by atoms with Gasteiger partial charge in [-0.3, -0.25) is 0 Å². The van der Waals surface area contributed by atoms with E-state index in [1.807, 2.05) is 6.07 Å². The first-order chi connectivity index (χ1) is 13.8. The molecule has 3 aromatic rings. The third kappa shape index (κ3) is 5.31. The van der Waals surface area contributed by atoms with Crippen molar-refractivity contribution < 1.29 is 4.43 Å². The summed E-state index contributed by atoms with van der Waals surface area (Å²) in [6, 6.07) is 19.2. The number of benzene rings is 2. The van der Waals surface area contributed by atoms with Crippen LogP contribution in [0.4, 0.5) is 5.69 Å². The molecular formula is C24H30N3OSi. The van der Waals surface area contributed by atoms with Crippen molar-refractivity contribution in [3.8, 4) is 0 Å². The van der Waals surface area contributed by atoms with Crippen LogP contribution in [0.3, 0.4) is 0 Å². The van der Waals surface area contributed by atoms with Gasteiger partial charge in [0, 0.05) is 0 Å². The second kappa shape index (κ2) is 8.89. The predicted molar refractivity (Wildman–Crippen MR) is 122 cm³/mol. The zero-order valence-corrected chi connectivity index (χ0v) is 18.9. The Labute approximate surface area is 175 Å². The van der Waals surface area contributed by atoms with E-state index in [0.717, 1.165) is 5.69 Å². The largest absolute Gasteiger partial charge is 0.400 e. The van der Waals surface area contributed by atoms with Crippen LogP contribution in [0.1, 0.15) is 57.6 Å². The summed E-state index contributed by atoms with van der Waals surface area (Å²) in [5.41, 5.74) is 8.98. The molecule has 2 aromatic carbocycles. The van der Waals surface area contributed by atoms with Crippen molar-refractivity contribution >= 4 is 25.1 Å². The van der Waals surface area contributed by atoms with Crippen molar-refractivity contribution in [2.24, 2.45) is 0 Å². The standard InChI is InChI=1S/C24H30N3OSi/c1-17(2)23-21(25)15-26-22(27-23)16-28-29(19-9-7-6-8-10-19)20-13-11-18(12-14-20)24(3,4)5/h6-15,17H,16,25H2,1-5H3. The molecule has 0 saturated carbocycles. The molecule has 29 heavy (non-hydrogen) atoms. The molecule has 0 unspecified atom stereocenters. The lowest BCUT2D eigenvalue weighted by atomic mass is 9.87. The second-order valence-corrected chi connectivity index (χ2v) is 10.7. The van der Waals surface area contributed by atoms with E-state index < -0.39 is 9.04 Å². The molecule has 1 aromatic heterocycles. The lowest BCUT2D eigenvalue weighted by Crippen LogP contribution is -2.45. The Bertz CT molecular complexity index is 935. The fraction of sp³-hybridized carbons (Fsp3) is 0.333. The van der Waals surface area contributed by atoms with E-state index in [-0.39, 0.29) is 11.3 Å². The molecule has 151 valence electrons. The molecule has 5 heteroatoms. The number of rotatable bonds is 6. The van der Waals surface area contributed by atoms with Gasteiger partial charge in [0.1, 0.15) is 0 Å². The van der Waals surface area contributed by atoms with Gasteiger partial charge in [-0.1, -0.05) is 89.2 Å². The van der Waals surface area contributed by atoms with Crippen molar-refractivity contribution in [3.05, 3.63) is 77.9 Å². The van der Waals surface area contributed by atoms with Gasteiger partial charge in [-0.05, 0) is 27.3 Å².